The summed E-state index contributed by atoms with van der Waals surface area (Å²) in [4.78, 5) is 13.9. The van der Waals surface area contributed by atoms with Crippen molar-refractivity contribution in [2.45, 2.75) is 6.54 Å². The molecule has 0 fully saturated rings. The zero-order valence-electron chi connectivity index (χ0n) is 15.8. The summed E-state index contributed by atoms with van der Waals surface area (Å²) < 4.78 is 3.38. The number of hydrogen-bond donors (Lipinski definition) is 0. The molecular weight excluding hydrogens is 475 g/mol. The van der Waals surface area contributed by atoms with E-state index in [2.05, 4.69) is 10.2 Å². The van der Waals surface area contributed by atoms with Gasteiger partial charge in [-0.3, -0.25) is 0 Å². The van der Waals surface area contributed by atoms with Gasteiger partial charge in [0, 0.05) is 26.0 Å². The molecule has 3 aromatic heterocycles. The summed E-state index contributed by atoms with van der Waals surface area (Å²) in [6, 6.07) is 18.6. The van der Waals surface area contributed by atoms with Gasteiger partial charge in [0.1, 0.15) is 0 Å². The monoisotopic (exact) mass is 486 g/mol. The summed E-state index contributed by atoms with van der Waals surface area (Å²) in [6.07, 6.45) is 1.68. The average molecular weight is 488 g/mol. The smallest absolute Gasteiger partial charge is 0.244 e. The molecule has 3 heterocycles. The van der Waals surface area contributed by atoms with Crippen LogP contribution in [-0.4, -0.2) is 19.4 Å². The number of fused-ring (bicyclic) bond motifs is 1. The molecule has 0 atom stereocenters. The third-order valence-corrected chi connectivity index (χ3v) is 6.56. The van der Waals surface area contributed by atoms with Crippen molar-refractivity contribution < 1.29 is 0 Å². The molecule has 2 aromatic carbocycles. The molecule has 5 nitrogen and oxygen atoms in total. The van der Waals surface area contributed by atoms with Crippen molar-refractivity contribution in [1.82, 2.24) is 19.4 Å². The van der Waals surface area contributed by atoms with Gasteiger partial charge in [-0.2, -0.15) is 9.61 Å². The van der Waals surface area contributed by atoms with E-state index in [9.17, 15) is 4.79 Å². The number of aromatic nitrogens is 4. The highest BCUT2D eigenvalue weighted by Gasteiger charge is 2.19. The van der Waals surface area contributed by atoms with Crippen LogP contribution in [0.4, 0.5) is 0 Å². The van der Waals surface area contributed by atoms with E-state index in [0.717, 1.165) is 27.1 Å². The lowest BCUT2D eigenvalue weighted by molar-refractivity contribution is 0.657. The highest BCUT2D eigenvalue weighted by molar-refractivity contribution is 7.16. The van der Waals surface area contributed by atoms with Crippen LogP contribution in [0.5, 0.6) is 0 Å². The molecule has 0 saturated carbocycles. The molecule has 0 spiro atoms. The van der Waals surface area contributed by atoms with Gasteiger partial charge in [0.05, 0.1) is 17.1 Å². The molecule has 0 aliphatic carbocycles. The second-order valence-electron chi connectivity index (χ2n) is 6.83. The Balaban J connectivity index is 1.75. The van der Waals surface area contributed by atoms with Crippen LogP contribution in [-0.2, 0) is 6.54 Å². The van der Waals surface area contributed by atoms with Crippen molar-refractivity contribution >= 4 is 51.8 Å². The van der Waals surface area contributed by atoms with Crippen molar-refractivity contribution in [2.75, 3.05) is 0 Å². The number of benzene rings is 2. The minimum Gasteiger partial charge on any atom is -0.244 e. The fourth-order valence-corrected chi connectivity index (χ4v) is 4.72. The van der Waals surface area contributed by atoms with E-state index < -0.39 is 0 Å². The molecule has 0 radical (unpaired) electrons. The van der Waals surface area contributed by atoms with Gasteiger partial charge in [0.15, 0.2) is 5.65 Å². The van der Waals surface area contributed by atoms with Crippen molar-refractivity contribution in [3.8, 4) is 22.3 Å². The SMILES string of the molecule is O=c1n(Cc2ccc(Cl)s2)nc2c(-c3ccc(Cl)cc3)c(-c3ccc(Cl)cc3)cnn12. The Morgan fingerprint density at radius 3 is 2.10 bits per heavy atom. The van der Waals surface area contributed by atoms with Gasteiger partial charge in [-0.05, 0) is 47.5 Å². The lowest BCUT2D eigenvalue weighted by atomic mass is 9.97. The Bertz CT molecular complexity index is 1450. The molecule has 5 rings (SSSR count). The Hall–Kier alpha value is -2.64. The van der Waals surface area contributed by atoms with Crippen molar-refractivity contribution in [2.24, 2.45) is 0 Å². The average Bonchev–Trinajstić information content (AvgIpc) is 3.32. The van der Waals surface area contributed by atoms with Crippen LogP contribution < -0.4 is 5.69 Å². The molecule has 0 bridgehead atoms. The predicted molar refractivity (Wildman–Crippen MR) is 127 cm³/mol. The first-order valence-corrected chi connectivity index (χ1v) is 11.2. The maximum atomic E-state index is 13.0. The highest BCUT2D eigenvalue weighted by atomic mass is 35.5. The number of nitrogens with zero attached hydrogens (tertiary/aromatic N) is 4. The van der Waals surface area contributed by atoms with Gasteiger partial charge in [0.25, 0.3) is 0 Å². The second kappa shape index (κ2) is 8.13. The summed E-state index contributed by atoms with van der Waals surface area (Å²) >= 11 is 19.6. The molecule has 0 aliphatic heterocycles. The van der Waals surface area contributed by atoms with E-state index in [1.165, 1.54) is 20.5 Å². The molecule has 0 amide bonds. The van der Waals surface area contributed by atoms with Crippen molar-refractivity contribution in [3.63, 3.8) is 0 Å². The minimum atomic E-state index is -0.322. The largest absolute Gasteiger partial charge is 0.367 e. The molecule has 0 saturated heterocycles. The normalized spacial score (nSPS) is 11.3. The Kier molecular flexibility index (Phi) is 5.32. The number of hydrogen-bond acceptors (Lipinski definition) is 4. The molecule has 0 aliphatic rings. The fraction of sp³-hybridized carbons (Fsp3) is 0.0455. The molecule has 154 valence electrons. The van der Waals surface area contributed by atoms with E-state index in [0.29, 0.717) is 26.6 Å². The minimum absolute atomic E-state index is 0.315. The zero-order chi connectivity index (χ0) is 21.5. The topological polar surface area (TPSA) is 52.2 Å². The Morgan fingerprint density at radius 1 is 0.839 bits per heavy atom. The van der Waals surface area contributed by atoms with Gasteiger partial charge in [-0.25, -0.2) is 9.48 Å². The number of thiophene rings is 1. The van der Waals surface area contributed by atoms with Crippen LogP contribution in [0, 0.1) is 0 Å². The number of rotatable bonds is 4. The summed E-state index contributed by atoms with van der Waals surface area (Å²) in [5.74, 6) is 0. The van der Waals surface area contributed by atoms with E-state index in [1.807, 2.05) is 54.6 Å². The third-order valence-electron chi connectivity index (χ3n) is 4.84. The van der Waals surface area contributed by atoms with E-state index in [1.54, 1.807) is 12.3 Å². The molecular formula is C22H13Cl3N4OS. The third kappa shape index (κ3) is 3.88. The first-order chi connectivity index (χ1) is 15.0. The Labute approximate surface area is 196 Å². The standard InChI is InChI=1S/C22H13Cl3N4OS/c23-15-5-1-13(2-6-15)18-11-26-29-21(20(18)14-3-7-16(24)8-4-14)27-28(22(29)30)12-17-9-10-19(25)31-17/h1-11H,12H2. The molecule has 31 heavy (non-hydrogen) atoms. The van der Waals surface area contributed by atoms with Crippen LogP contribution in [0.2, 0.25) is 14.4 Å². The molecule has 9 heteroatoms. The van der Waals surface area contributed by atoms with Gasteiger partial charge < -0.3 is 0 Å². The fourth-order valence-electron chi connectivity index (χ4n) is 3.40. The quantitative estimate of drug-likeness (QED) is 0.299. The van der Waals surface area contributed by atoms with E-state index in [-0.39, 0.29) is 5.69 Å². The maximum Gasteiger partial charge on any atom is 0.367 e. The second-order valence-corrected chi connectivity index (χ2v) is 9.50. The van der Waals surface area contributed by atoms with Gasteiger partial charge in [-0.1, -0.05) is 59.1 Å². The highest BCUT2D eigenvalue weighted by Crippen LogP contribution is 2.35. The lowest BCUT2D eigenvalue weighted by Crippen LogP contribution is -2.22. The Morgan fingerprint density at radius 2 is 1.48 bits per heavy atom. The number of halogens is 3. The first kappa shape index (κ1) is 20.3. The van der Waals surface area contributed by atoms with Crippen molar-refractivity contribution in [1.29, 1.82) is 0 Å². The lowest BCUT2D eigenvalue weighted by Gasteiger charge is -2.11. The van der Waals surface area contributed by atoms with E-state index >= 15 is 0 Å². The van der Waals surface area contributed by atoms with Crippen LogP contribution in [0.1, 0.15) is 4.88 Å². The van der Waals surface area contributed by atoms with Gasteiger partial charge >= 0.3 is 5.69 Å². The summed E-state index contributed by atoms with van der Waals surface area (Å²) in [7, 11) is 0. The molecule has 0 N–H and O–H groups in total. The first-order valence-electron chi connectivity index (χ1n) is 9.24. The van der Waals surface area contributed by atoms with Gasteiger partial charge in [-0.15, -0.1) is 16.4 Å². The summed E-state index contributed by atoms with van der Waals surface area (Å²) in [6.45, 7) is 0.315. The zero-order valence-corrected chi connectivity index (χ0v) is 18.9. The summed E-state index contributed by atoms with van der Waals surface area (Å²) in [5.41, 5.74) is 3.55. The molecule has 5 aromatic rings. The maximum absolute atomic E-state index is 13.0. The van der Waals surface area contributed by atoms with Gasteiger partial charge in [0.2, 0.25) is 0 Å². The van der Waals surface area contributed by atoms with Crippen LogP contribution >= 0.6 is 46.1 Å². The van der Waals surface area contributed by atoms with Crippen LogP contribution in [0.15, 0.2) is 71.7 Å². The van der Waals surface area contributed by atoms with Crippen molar-refractivity contribution in [3.05, 3.63) is 96.6 Å². The molecule has 0 unspecified atom stereocenters. The summed E-state index contributed by atoms with van der Waals surface area (Å²) in [5, 5.41) is 10.3. The van der Waals surface area contributed by atoms with Crippen LogP contribution in [0.25, 0.3) is 27.9 Å². The predicted octanol–water partition coefficient (Wildman–Crippen LogP) is 6.30. The van der Waals surface area contributed by atoms with Crippen LogP contribution in [0.3, 0.4) is 0 Å². The van der Waals surface area contributed by atoms with E-state index in [4.69, 9.17) is 34.8 Å².